The topological polar surface area (TPSA) is 96.5 Å². The second kappa shape index (κ2) is 7.88. The molecule has 2 aromatic rings. The fourth-order valence-electron chi connectivity index (χ4n) is 4.27. The summed E-state index contributed by atoms with van der Waals surface area (Å²) in [5.74, 6) is 0.739. The molecule has 3 heterocycles. The van der Waals surface area contributed by atoms with Crippen LogP contribution in [0.5, 0.6) is 0 Å². The van der Waals surface area contributed by atoms with Crippen LogP contribution in [0.15, 0.2) is 10.7 Å². The molecule has 2 aliphatic rings. The van der Waals surface area contributed by atoms with E-state index in [4.69, 9.17) is 4.52 Å². The average molecular weight is 400 g/mol. The van der Waals surface area contributed by atoms with Crippen LogP contribution in [0.2, 0.25) is 0 Å². The lowest BCUT2D eigenvalue weighted by atomic mass is 9.93. The van der Waals surface area contributed by atoms with Gasteiger partial charge in [-0.2, -0.15) is 5.10 Å². The first-order chi connectivity index (χ1) is 13.9. The predicted octanol–water partition coefficient (Wildman–Crippen LogP) is 1.50. The van der Waals surface area contributed by atoms with E-state index >= 15 is 0 Å². The molecule has 2 aromatic heterocycles. The Morgan fingerprint density at radius 2 is 1.93 bits per heavy atom. The molecule has 29 heavy (non-hydrogen) atoms. The number of amides is 3. The number of nitrogens with zero attached hydrogens (tertiary/aromatic N) is 5. The Kier molecular flexibility index (Phi) is 5.29. The minimum Gasteiger partial charge on any atom is -0.361 e. The van der Waals surface area contributed by atoms with Crippen LogP contribution in [-0.4, -0.2) is 62.9 Å². The molecule has 1 unspecified atom stereocenters. The van der Waals surface area contributed by atoms with E-state index in [1.54, 1.807) is 4.90 Å². The van der Waals surface area contributed by atoms with Gasteiger partial charge in [0.1, 0.15) is 5.76 Å². The van der Waals surface area contributed by atoms with E-state index in [9.17, 15) is 9.59 Å². The molecule has 4 rings (SSSR count). The predicted molar refractivity (Wildman–Crippen MR) is 105 cm³/mol. The maximum Gasteiger partial charge on any atom is 0.318 e. The molecule has 0 saturated carbocycles. The van der Waals surface area contributed by atoms with Crippen LogP contribution in [-0.2, 0) is 24.7 Å². The Bertz CT molecular complexity index is 890. The highest BCUT2D eigenvalue weighted by Gasteiger charge is 2.29. The summed E-state index contributed by atoms with van der Waals surface area (Å²) >= 11 is 0. The van der Waals surface area contributed by atoms with E-state index in [1.807, 2.05) is 36.7 Å². The Hall–Kier alpha value is -2.84. The first-order valence-corrected chi connectivity index (χ1v) is 10.2. The number of aryl methyl sites for hydroxylation is 3. The van der Waals surface area contributed by atoms with Gasteiger partial charge in [-0.1, -0.05) is 5.16 Å². The number of nitrogens with one attached hydrogen (secondary N) is 1. The van der Waals surface area contributed by atoms with Gasteiger partial charge < -0.3 is 19.6 Å². The Morgan fingerprint density at radius 1 is 1.21 bits per heavy atom. The summed E-state index contributed by atoms with van der Waals surface area (Å²) in [6.07, 6.45) is 5.13. The summed E-state index contributed by atoms with van der Waals surface area (Å²) in [6.45, 7) is 5.82. The van der Waals surface area contributed by atoms with Crippen LogP contribution in [0, 0.1) is 13.8 Å². The van der Waals surface area contributed by atoms with Crippen LogP contribution in [0.4, 0.5) is 4.79 Å². The lowest BCUT2D eigenvalue weighted by Gasteiger charge is -2.36. The van der Waals surface area contributed by atoms with Crippen molar-refractivity contribution in [3.05, 3.63) is 34.5 Å². The zero-order chi connectivity index (χ0) is 20.5. The third-order valence-corrected chi connectivity index (χ3v) is 6.10. The third-order valence-electron chi connectivity index (χ3n) is 6.10. The van der Waals surface area contributed by atoms with Gasteiger partial charge in [0.05, 0.1) is 24.4 Å². The van der Waals surface area contributed by atoms with Crippen molar-refractivity contribution >= 4 is 11.9 Å². The molecule has 1 atom stereocenters. The molecule has 9 nitrogen and oxygen atoms in total. The van der Waals surface area contributed by atoms with Crippen LogP contribution in [0.3, 0.4) is 0 Å². The van der Waals surface area contributed by atoms with Crippen LogP contribution in [0.25, 0.3) is 0 Å². The summed E-state index contributed by atoms with van der Waals surface area (Å²) in [5, 5.41) is 11.4. The molecule has 0 radical (unpaired) electrons. The Morgan fingerprint density at radius 3 is 2.62 bits per heavy atom. The smallest absolute Gasteiger partial charge is 0.318 e. The van der Waals surface area contributed by atoms with Crippen LogP contribution < -0.4 is 5.32 Å². The Balaban J connectivity index is 1.30. The normalized spacial score (nSPS) is 19.2. The van der Waals surface area contributed by atoms with Gasteiger partial charge in [0, 0.05) is 50.0 Å². The molecule has 1 saturated heterocycles. The fourth-order valence-corrected chi connectivity index (χ4v) is 4.27. The van der Waals surface area contributed by atoms with Gasteiger partial charge in [0.15, 0.2) is 0 Å². The van der Waals surface area contributed by atoms with Crippen molar-refractivity contribution in [2.75, 3.05) is 26.2 Å². The number of hydrogen-bond donors (Lipinski definition) is 1. The maximum atomic E-state index is 12.8. The molecule has 1 aliphatic carbocycles. The average Bonchev–Trinajstić information content (AvgIpc) is 3.26. The standard InChI is InChI=1S/C20H28N6O3/c1-13-15(14(2)29-23-13)11-19(27)25-7-9-26(10-8-25)20(28)22-17-5-4-6-18-16(17)12-21-24(18)3/h12,17H,4-11H2,1-3H3,(H,22,28). The molecule has 1 aliphatic heterocycles. The molecule has 0 spiro atoms. The van der Waals surface area contributed by atoms with E-state index in [-0.39, 0.29) is 18.0 Å². The highest BCUT2D eigenvalue weighted by molar-refractivity contribution is 5.80. The van der Waals surface area contributed by atoms with Crippen molar-refractivity contribution in [2.45, 2.75) is 45.6 Å². The lowest BCUT2D eigenvalue weighted by molar-refractivity contribution is -0.131. The van der Waals surface area contributed by atoms with E-state index in [0.29, 0.717) is 38.4 Å². The second-order valence-electron chi connectivity index (χ2n) is 7.91. The first-order valence-electron chi connectivity index (χ1n) is 10.2. The van der Waals surface area contributed by atoms with Crippen molar-refractivity contribution < 1.29 is 14.1 Å². The second-order valence-corrected chi connectivity index (χ2v) is 7.91. The van der Waals surface area contributed by atoms with E-state index in [0.717, 1.165) is 36.1 Å². The summed E-state index contributed by atoms with van der Waals surface area (Å²) in [4.78, 5) is 29.0. The molecule has 156 valence electrons. The molecular weight excluding hydrogens is 372 g/mol. The van der Waals surface area contributed by atoms with Gasteiger partial charge in [0.25, 0.3) is 0 Å². The molecular formula is C20H28N6O3. The maximum absolute atomic E-state index is 12.8. The van der Waals surface area contributed by atoms with Crippen molar-refractivity contribution in [2.24, 2.45) is 7.05 Å². The molecule has 9 heteroatoms. The zero-order valence-corrected chi connectivity index (χ0v) is 17.3. The third kappa shape index (κ3) is 3.86. The van der Waals surface area contributed by atoms with E-state index in [1.165, 1.54) is 5.69 Å². The number of hydrogen-bond acceptors (Lipinski definition) is 5. The number of rotatable bonds is 3. The number of piperazine rings is 1. The lowest BCUT2D eigenvalue weighted by Crippen LogP contribution is -2.54. The number of carbonyl (C=O) groups is 2. The largest absolute Gasteiger partial charge is 0.361 e. The van der Waals surface area contributed by atoms with Gasteiger partial charge >= 0.3 is 6.03 Å². The minimum atomic E-state index is -0.0653. The molecule has 0 bridgehead atoms. The van der Waals surface area contributed by atoms with E-state index in [2.05, 4.69) is 15.6 Å². The summed E-state index contributed by atoms with van der Waals surface area (Å²) in [5.41, 5.74) is 3.95. The highest BCUT2D eigenvalue weighted by atomic mass is 16.5. The van der Waals surface area contributed by atoms with Crippen LogP contribution in [0.1, 0.15) is 47.2 Å². The van der Waals surface area contributed by atoms with Crippen molar-refractivity contribution in [3.8, 4) is 0 Å². The van der Waals surface area contributed by atoms with Gasteiger partial charge in [-0.3, -0.25) is 9.48 Å². The molecule has 1 N–H and O–H groups in total. The minimum absolute atomic E-state index is 0.0131. The van der Waals surface area contributed by atoms with Crippen molar-refractivity contribution in [1.82, 2.24) is 30.1 Å². The number of urea groups is 1. The number of fused-ring (bicyclic) bond motifs is 1. The van der Waals surface area contributed by atoms with Gasteiger partial charge in [-0.25, -0.2) is 4.79 Å². The molecule has 3 amide bonds. The van der Waals surface area contributed by atoms with Crippen molar-refractivity contribution in [3.63, 3.8) is 0 Å². The van der Waals surface area contributed by atoms with E-state index < -0.39 is 0 Å². The Labute approximate surface area is 170 Å². The zero-order valence-electron chi connectivity index (χ0n) is 17.3. The summed E-state index contributed by atoms with van der Waals surface area (Å²) in [7, 11) is 1.95. The van der Waals surface area contributed by atoms with Crippen molar-refractivity contribution in [1.29, 1.82) is 0 Å². The van der Waals surface area contributed by atoms with Gasteiger partial charge in [0.2, 0.25) is 5.91 Å². The first kappa shape index (κ1) is 19.5. The number of aromatic nitrogens is 3. The summed E-state index contributed by atoms with van der Waals surface area (Å²) in [6, 6.07) is -0.0521. The van der Waals surface area contributed by atoms with Crippen LogP contribution >= 0.6 is 0 Å². The summed E-state index contributed by atoms with van der Waals surface area (Å²) < 4.78 is 7.04. The number of carbonyl (C=O) groups excluding carboxylic acids is 2. The SMILES string of the molecule is Cc1noc(C)c1CC(=O)N1CCN(C(=O)NC2CCCc3c2cnn3C)CC1. The van der Waals surface area contributed by atoms with Gasteiger partial charge in [-0.15, -0.1) is 0 Å². The fraction of sp³-hybridized carbons (Fsp3) is 0.600. The monoisotopic (exact) mass is 400 g/mol. The molecule has 0 aromatic carbocycles. The highest BCUT2D eigenvalue weighted by Crippen LogP contribution is 2.29. The molecule has 1 fully saturated rings. The quantitative estimate of drug-likeness (QED) is 0.842. The van der Waals surface area contributed by atoms with Gasteiger partial charge in [-0.05, 0) is 33.1 Å².